The largest absolute Gasteiger partial charge is 0.437 e. The lowest BCUT2D eigenvalue weighted by Gasteiger charge is -2.07. The maximum absolute atomic E-state index is 13.0. The van der Waals surface area contributed by atoms with Crippen molar-refractivity contribution in [2.24, 2.45) is 5.73 Å². The minimum absolute atomic E-state index is 0.246. The van der Waals surface area contributed by atoms with Crippen LogP contribution in [0.15, 0.2) is 36.5 Å². The fourth-order valence-corrected chi connectivity index (χ4v) is 1.61. The van der Waals surface area contributed by atoms with Gasteiger partial charge in [-0.2, -0.15) is 0 Å². The zero-order chi connectivity index (χ0) is 13.0. The van der Waals surface area contributed by atoms with E-state index in [2.05, 4.69) is 4.98 Å². The Labute approximate surface area is 109 Å². The Bertz CT molecular complexity index is 531. The minimum atomic E-state index is -0.408. The van der Waals surface area contributed by atoms with Crippen LogP contribution in [0.5, 0.6) is 11.6 Å². The van der Waals surface area contributed by atoms with Gasteiger partial charge in [0.15, 0.2) is 5.75 Å². The molecule has 5 heteroatoms. The van der Waals surface area contributed by atoms with E-state index in [4.69, 9.17) is 22.1 Å². The normalized spacial score (nSPS) is 10.4. The summed E-state index contributed by atoms with van der Waals surface area (Å²) in [5, 5.41) is 0.337. The molecule has 1 aromatic carbocycles. The molecule has 2 rings (SSSR count). The van der Waals surface area contributed by atoms with Crippen LogP contribution in [0.25, 0.3) is 0 Å². The summed E-state index contributed by atoms with van der Waals surface area (Å²) in [5.74, 6) is 0.202. The molecule has 2 aromatic rings. The summed E-state index contributed by atoms with van der Waals surface area (Å²) in [6, 6.07) is 7.49. The molecule has 0 atom stereocenters. The summed E-state index contributed by atoms with van der Waals surface area (Å²) in [7, 11) is 0. The predicted octanol–water partition coefficient (Wildman–Crippen LogP) is 3.17. The molecule has 0 fully saturated rings. The van der Waals surface area contributed by atoms with E-state index in [1.165, 1.54) is 18.2 Å². The van der Waals surface area contributed by atoms with E-state index in [0.29, 0.717) is 17.4 Å². The highest BCUT2D eigenvalue weighted by Gasteiger charge is 2.05. The monoisotopic (exact) mass is 266 g/mol. The summed E-state index contributed by atoms with van der Waals surface area (Å²) >= 11 is 5.89. The topological polar surface area (TPSA) is 48.1 Å². The van der Waals surface area contributed by atoms with Crippen LogP contribution < -0.4 is 10.5 Å². The van der Waals surface area contributed by atoms with Crippen LogP contribution in [0.1, 0.15) is 5.56 Å². The molecule has 0 saturated carbocycles. The third-order valence-corrected chi connectivity index (χ3v) is 2.65. The summed E-state index contributed by atoms with van der Waals surface area (Å²) in [6.07, 6.45) is 2.43. The molecule has 94 valence electrons. The number of benzene rings is 1. The van der Waals surface area contributed by atoms with Gasteiger partial charge in [-0.1, -0.05) is 17.7 Å². The molecule has 1 heterocycles. The molecule has 0 radical (unpaired) electrons. The van der Waals surface area contributed by atoms with Crippen LogP contribution in [0, 0.1) is 5.82 Å². The molecule has 0 saturated heterocycles. The smallest absolute Gasteiger partial charge is 0.219 e. The summed E-state index contributed by atoms with van der Waals surface area (Å²) in [6.45, 7) is 0.567. The van der Waals surface area contributed by atoms with Crippen molar-refractivity contribution in [3.8, 4) is 11.6 Å². The van der Waals surface area contributed by atoms with Gasteiger partial charge in [0.2, 0.25) is 5.88 Å². The van der Waals surface area contributed by atoms with Gasteiger partial charge in [-0.25, -0.2) is 9.37 Å². The number of pyridine rings is 1. The Morgan fingerprint density at radius 3 is 2.78 bits per heavy atom. The standard InChI is InChI=1S/C13H12ClFN2O/c14-11-3-2-10(15)7-12(11)18-13-4-1-9(5-6-16)8-17-13/h1-4,7-8H,5-6,16H2. The molecular weight excluding hydrogens is 255 g/mol. The number of rotatable bonds is 4. The van der Waals surface area contributed by atoms with Crippen molar-refractivity contribution in [3.63, 3.8) is 0 Å². The second-order valence-electron chi connectivity index (χ2n) is 3.72. The van der Waals surface area contributed by atoms with Gasteiger partial charge in [0.25, 0.3) is 0 Å². The first-order valence-electron chi connectivity index (χ1n) is 5.47. The number of nitrogens with two attached hydrogens (primary N) is 1. The lowest BCUT2D eigenvalue weighted by atomic mass is 10.2. The van der Waals surface area contributed by atoms with Gasteiger partial charge in [-0.3, -0.25) is 0 Å². The number of hydrogen-bond donors (Lipinski definition) is 1. The van der Waals surface area contributed by atoms with Gasteiger partial charge in [-0.15, -0.1) is 0 Å². The quantitative estimate of drug-likeness (QED) is 0.925. The maximum atomic E-state index is 13.0. The fraction of sp³-hybridized carbons (Fsp3) is 0.154. The Morgan fingerprint density at radius 2 is 2.11 bits per heavy atom. The zero-order valence-electron chi connectivity index (χ0n) is 9.57. The lowest BCUT2D eigenvalue weighted by molar-refractivity contribution is 0.458. The predicted molar refractivity (Wildman–Crippen MR) is 68.5 cm³/mol. The Balaban J connectivity index is 2.15. The highest BCUT2D eigenvalue weighted by molar-refractivity contribution is 6.32. The van der Waals surface area contributed by atoms with Crippen LogP contribution in [-0.2, 0) is 6.42 Å². The van der Waals surface area contributed by atoms with Crippen LogP contribution in [0.4, 0.5) is 4.39 Å². The number of nitrogens with zero attached hydrogens (tertiary/aromatic N) is 1. The van der Waals surface area contributed by atoms with Gasteiger partial charge in [0, 0.05) is 18.3 Å². The van der Waals surface area contributed by atoms with Crippen molar-refractivity contribution in [2.45, 2.75) is 6.42 Å². The van der Waals surface area contributed by atoms with Crippen molar-refractivity contribution in [2.75, 3.05) is 6.54 Å². The van der Waals surface area contributed by atoms with E-state index in [-0.39, 0.29) is 5.75 Å². The fourth-order valence-electron chi connectivity index (χ4n) is 1.45. The second kappa shape index (κ2) is 5.80. The zero-order valence-corrected chi connectivity index (χ0v) is 10.3. The summed E-state index contributed by atoms with van der Waals surface area (Å²) in [4.78, 5) is 4.10. The average Bonchev–Trinajstić information content (AvgIpc) is 2.37. The molecule has 18 heavy (non-hydrogen) atoms. The van der Waals surface area contributed by atoms with Gasteiger partial charge in [-0.05, 0) is 30.7 Å². The van der Waals surface area contributed by atoms with E-state index < -0.39 is 5.82 Å². The Morgan fingerprint density at radius 1 is 1.28 bits per heavy atom. The first-order chi connectivity index (χ1) is 8.69. The molecule has 3 nitrogen and oxygen atoms in total. The van der Waals surface area contributed by atoms with Crippen LogP contribution in [0.2, 0.25) is 5.02 Å². The van der Waals surface area contributed by atoms with Gasteiger partial charge in [0.1, 0.15) is 5.82 Å². The number of halogens is 2. The first-order valence-corrected chi connectivity index (χ1v) is 5.85. The van der Waals surface area contributed by atoms with Crippen molar-refractivity contribution in [1.82, 2.24) is 4.98 Å². The molecule has 0 aliphatic heterocycles. The molecule has 0 unspecified atom stereocenters. The number of ether oxygens (including phenoxy) is 1. The maximum Gasteiger partial charge on any atom is 0.219 e. The molecule has 0 aliphatic carbocycles. The van der Waals surface area contributed by atoms with E-state index >= 15 is 0 Å². The van der Waals surface area contributed by atoms with Gasteiger partial charge < -0.3 is 10.5 Å². The van der Waals surface area contributed by atoms with E-state index in [0.717, 1.165) is 12.0 Å². The van der Waals surface area contributed by atoms with Crippen molar-refractivity contribution in [1.29, 1.82) is 0 Å². The number of aromatic nitrogens is 1. The SMILES string of the molecule is NCCc1ccc(Oc2cc(F)ccc2Cl)nc1. The van der Waals surface area contributed by atoms with Gasteiger partial charge >= 0.3 is 0 Å². The van der Waals surface area contributed by atoms with Gasteiger partial charge in [0.05, 0.1) is 5.02 Å². The molecule has 0 spiro atoms. The van der Waals surface area contributed by atoms with Crippen LogP contribution >= 0.6 is 11.6 Å². The van der Waals surface area contributed by atoms with Crippen molar-refractivity contribution < 1.29 is 9.13 Å². The highest BCUT2D eigenvalue weighted by atomic mass is 35.5. The second-order valence-corrected chi connectivity index (χ2v) is 4.13. The molecule has 0 bridgehead atoms. The molecule has 1 aromatic heterocycles. The average molecular weight is 267 g/mol. The van der Waals surface area contributed by atoms with E-state index in [1.807, 2.05) is 6.07 Å². The van der Waals surface area contributed by atoms with E-state index in [9.17, 15) is 4.39 Å². The van der Waals surface area contributed by atoms with E-state index in [1.54, 1.807) is 12.3 Å². The summed E-state index contributed by atoms with van der Waals surface area (Å²) < 4.78 is 18.5. The molecular formula is C13H12ClFN2O. The molecule has 0 aliphatic rings. The molecule has 0 amide bonds. The third-order valence-electron chi connectivity index (χ3n) is 2.34. The minimum Gasteiger partial charge on any atom is -0.437 e. The van der Waals surface area contributed by atoms with Crippen molar-refractivity contribution in [3.05, 3.63) is 52.9 Å². The van der Waals surface area contributed by atoms with Crippen molar-refractivity contribution >= 4 is 11.6 Å². The molecule has 2 N–H and O–H groups in total. The lowest BCUT2D eigenvalue weighted by Crippen LogP contribution is -2.02. The highest BCUT2D eigenvalue weighted by Crippen LogP contribution is 2.28. The Kier molecular flexibility index (Phi) is 4.12. The van der Waals surface area contributed by atoms with Crippen LogP contribution in [0.3, 0.4) is 0 Å². The Hall–Kier alpha value is -1.65. The third kappa shape index (κ3) is 3.18. The van der Waals surface area contributed by atoms with Crippen LogP contribution in [-0.4, -0.2) is 11.5 Å². The number of hydrogen-bond acceptors (Lipinski definition) is 3. The summed E-state index contributed by atoms with van der Waals surface area (Å²) in [5.41, 5.74) is 6.46. The first kappa shape index (κ1) is 12.8.